The zero-order valence-corrected chi connectivity index (χ0v) is 13.4. The second kappa shape index (κ2) is 7.40. The van der Waals surface area contributed by atoms with Gasteiger partial charge in [0.1, 0.15) is 11.4 Å². The Morgan fingerprint density at radius 3 is 2.91 bits per heavy atom. The second-order valence-corrected chi connectivity index (χ2v) is 5.55. The van der Waals surface area contributed by atoms with E-state index in [-0.39, 0.29) is 12.6 Å². The summed E-state index contributed by atoms with van der Waals surface area (Å²) in [4.78, 5) is 24.6. The van der Waals surface area contributed by atoms with Crippen molar-refractivity contribution in [1.29, 1.82) is 0 Å². The molecule has 1 atom stereocenters. The molecule has 0 radical (unpaired) electrons. The molecule has 0 bridgehead atoms. The summed E-state index contributed by atoms with van der Waals surface area (Å²) in [6.07, 6.45) is 4.59. The van der Waals surface area contributed by atoms with E-state index in [1.807, 2.05) is 19.0 Å². The molecule has 0 aliphatic carbocycles. The van der Waals surface area contributed by atoms with Crippen LogP contribution in [0.1, 0.15) is 36.5 Å². The van der Waals surface area contributed by atoms with Gasteiger partial charge < -0.3 is 19.6 Å². The fourth-order valence-electron chi connectivity index (χ4n) is 2.65. The van der Waals surface area contributed by atoms with Crippen molar-refractivity contribution >= 4 is 17.7 Å². The molecular formula is C15H24N4O3. The number of hydrogen-bond acceptors (Lipinski definition) is 7. The van der Waals surface area contributed by atoms with E-state index in [4.69, 9.17) is 4.74 Å². The molecular weight excluding hydrogens is 284 g/mol. The standard InChI is InChI=1S/C15H24N4O3/c1-4-22-14(21)12-9-16-15(17-13(12)18(2)3)19-8-6-5-7-11(19)10-20/h9,11,20H,4-8,10H2,1-3H3. The molecule has 1 aliphatic heterocycles. The van der Waals surface area contributed by atoms with E-state index in [9.17, 15) is 9.90 Å². The van der Waals surface area contributed by atoms with Crippen LogP contribution < -0.4 is 9.80 Å². The molecule has 1 aromatic rings. The first-order valence-corrected chi connectivity index (χ1v) is 7.67. The number of nitrogens with zero attached hydrogens (tertiary/aromatic N) is 4. The molecule has 22 heavy (non-hydrogen) atoms. The average Bonchev–Trinajstić information content (AvgIpc) is 2.54. The van der Waals surface area contributed by atoms with E-state index in [0.29, 0.717) is 23.9 Å². The van der Waals surface area contributed by atoms with Gasteiger partial charge in [-0.3, -0.25) is 0 Å². The molecule has 0 saturated carbocycles. The quantitative estimate of drug-likeness (QED) is 0.815. The summed E-state index contributed by atoms with van der Waals surface area (Å²) in [7, 11) is 3.66. The Labute approximate surface area is 130 Å². The summed E-state index contributed by atoms with van der Waals surface area (Å²) in [5, 5.41) is 9.53. The number of anilines is 2. The lowest BCUT2D eigenvalue weighted by Gasteiger charge is -2.35. The third kappa shape index (κ3) is 3.47. The summed E-state index contributed by atoms with van der Waals surface area (Å²) < 4.78 is 5.05. The topological polar surface area (TPSA) is 78.8 Å². The van der Waals surface area contributed by atoms with Gasteiger partial charge in [0.25, 0.3) is 0 Å². The average molecular weight is 308 g/mol. The smallest absolute Gasteiger partial charge is 0.343 e. The molecule has 0 aromatic carbocycles. The third-order valence-electron chi connectivity index (χ3n) is 3.77. The Bertz CT molecular complexity index is 522. The van der Waals surface area contributed by atoms with Crippen molar-refractivity contribution in [3.63, 3.8) is 0 Å². The van der Waals surface area contributed by atoms with Gasteiger partial charge >= 0.3 is 5.97 Å². The van der Waals surface area contributed by atoms with Gasteiger partial charge in [-0.05, 0) is 26.2 Å². The Kier molecular flexibility index (Phi) is 5.54. The molecule has 1 aromatic heterocycles. The van der Waals surface area contributed by atoms with E-state index in [1.165, 1.54) is 6.20 Å². The molecule has 2 rings (SSSR count). The number of aromatic nitrogens is 2. The van der Waals surface area contributed by atoms with Crippen molar-refractivity contribution in [2.45, 2.75) is 32.2 Å². The van der Waals surface area contributed by atoms with Crippen molar-refractivity contribution < 1.29 is 14.6 Å². The molecule has 1 aliphatic rings. The lowest BCUT2D eigenvalue weighted by Crippen LogP contribution is -2.43. The van der Waals surface area contributed by atoms with Crippen molar-refractivity contribution in [2.75, 3.05) is 43.7 Å². The minimum absolute atomic E-state index is 0.0391. The molecule has 7 heteroatoms. The first-order valence-electron chi connectivity index (χ1n) is 7.67. The zero-order valence-electron chi connectivity index (χ0n) is 13.4. The number of esters is 1. The van der Waals surface area contributed by atoms with Gasteiger partial charge in [-0.1, -0.05) is 0 Å². The van der Waals surface area contributed by atoms with E-state index >= 15 is 0 Å². The van der Waals surface area contributed by atoms with Crippen molar-refractivity contribution in [3.8, 4) is 0 Å². The van der Waals surface area contributed by atoms with Gasteiger partial charge in [0.2, 0.25) is 5.95 Å². The van der Waals surface area contributed by atoms with Crippen LogP contribution in [0.4, 0.5) is 11.8 Å². The molecule has 1 fully saturated rings. The Morgan fingerprint density at radius 1 is 1.50 bits per heavy atom. The van der Waals surface area contributed by atoms with Gasteiger partial charge in [0.15, 0.2) is 0 Å². The van der Waals surface area contributed by atoms with Crippen LogP contribution in [0.3, 0.4) is 0 Å². The van der Waals surface area contributed by atoms with E-state index < -0.39 is 5.97 Å². The Hall–Kier alpha value is -1.89. The Balaban J connectivity index is 2.34. The first-order chi connectivity index (χ1) is 10.6. The van der Waals surface area contributed by atoms with E-state index in [0.717, 1.165) is 25.8 Å². The van der Waals surface area contributed by atoms with E-state index in [1.54, 1.807) is 11.8 Å². The number of carbonyl (C=O) groups excluding carboxylic acids is 1. The summed E-state index contributed by atoms with van der Waals surface area (Å²) >= 11 is 0. The van der Waals surface area contributed by atoms with Crippen molar-refractivity contribution in [2.24, 2.45) is 0 Å². The van der Waals surface area contributed by atoms with Gasteiger partial charge in [0.05, 0.1) is 19.3 Å². The highest BCUT2D eigenvalue weighted by Gasteiger charge is 2.26. The largest absolute Gasteiger partial charge is 0.462 e. The normalized spacial score (nSPS) is 18.2. The third-order valence-corrected chi connectivity index (χ3v) is 3.77. The summed E-state index contributed by atoms with van der Waals surface area (Å²) in [5.41, 5.74) is 0.355. The van der Waals surface area contributed by atoms with Gasteiger partial charge in [-0.15, -0.1) is 0 Å². The number of carbonyl (C=O) groups is 1. The van der Waals surface area contributed by atoms with Crippen LogP contribution in [0.2, 0.25) is 0 Å². The highest BCUT2D eigenvalue weighted by atomic mass is 16.5. The van der Waals surface area contributed by atoms with Crippen LogP contribution in [0.25, 0.3) is 0 Å². The highest BCUT2D eigenvalue weighted by molar-refractivity contribution is 5.94. The summed E-state index contributed by atoms with van der Waals surface area (Å²) in [6.45, 7) is 2.98. The number of ether oxygens (including phenoxy) is 1. The molecule has 7 nitrogen and oxygen atoms in total. The number of aliphatic hydroxyl groups is 1. The molecule has 0 amide bonds. The monoisotopic (exact) mass is 308 g/mol. The molecule has 1 N–H and O–H groups in total. The lowest BCUT2D eigenvalue weighted by atomic mass is 10.0. The zero-order chi connectivity index (χ0) is 16.1. The summed E-state index contributed by atoms with van der Waals surface area (Å²) in [6, 6.07) is 0.0391. The summed E-state index contributed by atoms with van der Waals surface area (Å²) in [5.74, 6) is 0.663. The molecule has 0 spiro atoms. The van der Waals surface area contributed by atoms with Gasteiger partial charge in [0, 0.05) is 26.8 Å². The maximum absolute atomic E-state index is 12.0. The van der Waals surface area contributed by atoms with Gasteiger partial charge in [-0.25, -0.2) is 9.78 Å². The van der Waals surface area contributed by atoms with Crippen LogP contribution >= 0.6 is 0 Å². The van der Waals surface area contributed by atoms with Crippen molar-refractivity contribution in [3.05, 3.63) is 11.8 Å². The van der Waals surface area contributed by atoms with Crippen LogP contribution in [0.5, 0.6) is 0 Å². The maximum Gasteiger partial charge on any atom is 0.343 e. The predicted molar refractivity (Wildman–Crippen MR) is 84.4 cm³/mol. The number of aliphatic hydroxyl groups excluding tert-OH is 1. The predicted octanol–water partition coefficient (Wildman–Crippen LogP) is 1.07. The molecule has 1 saturated heterocycles. The fourth-order valence-corrected chi connectivity index (χ4v) is 2.65. The molecule has 1 unspecified atom stereocenters. The lowest BCUT2D eigenvalue weighted by molar-refractivity contribution is 0.0526. The van der Waals surface area contributed by atoms with Crippen LogP contribution in [0.15, 0.2) is 6.20 Å². The van der Waals surface area contributed by atoms with Gasteiger partial charge in [-0.2, -0.15) is 4.98 Å². The number of piperidine rings is 1. The SMILES string of the molecule is CCOC(=O)c1cnc(N2CCCCC2CO)nc1N(C)C. The second-order valence-electron chi connectivity index (χ2n) is 5.55. The van der Waals surface area contributed by atoms with Crippen LogP contribution in [-0.4, -0.2) is 60.9 Å². The molecule has 122 valence electrons. The van der Waals surface area contributed by atoms with Crippen molar-refractivity contribution in [1.82, 2.24) is 9.97 Å². The minimum Gasteiger partial charge on any atom is -0.462 e. The fraction of sp³-hybridized carbons (Fsp3) is 0.667. The van der Waals surface area contributed by atoms with E-state index in [2.05, 4.69) is 9.97 Å². The highest BCUT2D eigenvalue weighted by Crippen LogP contribution is 2.25. The molecule has 2 heterocycles. The van der Waals surface area contributed by atoms with Crippen LogP contribution in [-0.2, 0) is 4.74 Å². The number of rotatable bonds is 5. The number of hydrogen-bond donors (Lipinski definition) is 1. The maximum atomic E-state index is 12.0. The minimum atomic E-state index is -0.421. The Morgan fingerprint density at radius 2 is 2.27 bits per heavy atom. The first kappa shape index (κ1) is 16.5. The van der Waals surface area contributed by atoms with Crippen LogP contribution in [0, 0.1) is 0 Å².